The summed E-state index contributed by atoms with van der Waals surface area (Å²) in [5.74, 6) is 0.00652. The second-order valence-electron chi connectivity index (χ2n) is 6.14. The van der Waals surface area contributed by atoms with Crippen molar-refractivity contribution in [3.63, 3.8) is 0 Å². The number of hydrogen-bond donors (Lipinski definition) is 1. The van der Waals surface area contributed by atoms with Gasteiger partial charge >= 0.3 is 0 Å². The molecule has 0 aliphatic carbocycles. The van der Waals surface area contributed by atoms with Gasteiger partial charge in [0.15, 0.2) is 0 Å². The summed E-state index contributed by atoms with van der Waals surface area (Å²) >= 11 is 0. The van der Waals surface area contributed by atoms with E-state index in [2.05, 4.69) is 9.88 Å². The summed E-state index contributed by atoms with van der Waals surface area (Å²) in [5, 5.41) is 9.76. The summed E-state index contributed by atoms with van der Waals surface area (Å²) in [4.78, 5) is 21.1. The number of piperazine rings is 1. The van der Waals surface area contributed by atoms with Crippen LogP contribution in [0.3, 0.4) is 0 Å². The van der Waals surface area contributed by atoms with Crippen molar-refractivity contribution in [3.05, 3.63) is 48.5 Å². The van der Waals surface area contributed by atoms with Crippen LogP contribution in [0.5, 0.6) is 0 Å². The number of aliphatic hydroxyl groups is 1. The largest absolute Gasteiger partial charge is 0.392 e. The lowest BCUT2D eigenvalue weighted by Gasteiger charge is -2.35. The monoisotopic (exact) mass is 328 g/mol. The lowest BCUT2D eigenvalue weighted by molar-refractivity contribution is 0.0517. The Balaban J connectivity index is 1.66. The summed E-state index contributed by atoms with van der Waals surface area (Å²) in [6.07, 6.45) is 3.78. The molecule has 1 amide bonds. The smallest absolute Gasteiger partial charge is 0.272 e. The second-order valence-corrected chi connectivity index (χ2v) is 6.14. The van der Waals surface area contributed by atoms with Crippen LogP contribution in [0.25, 0.3) is 5.69 Å². The molecular weight excluding hydrogens is 304 g/mol. The summed E-state index contributed by atoms with van der Waals surface area (Å²) < 4.78 is 1.83. The third-order valence-corrected chi connectivity index (χ3v) is 4.49. The van der Waals surface area contributed by atoms with Gasteiger partial charge in [0.05, 0.1) is 18.6 Å². The minimum Gasteiger partial charge on any atom is -0.392 e. The maximum atomic E-state index is 12.8. The van der Waals surface area contributed by atoms with Crippen molar-refractivity contribution in [3.8, 4) is 5.69 Å². The van der Waals surface area contributed by atoms with Gasteiger partial charge in [-0.05, 0) is 18.6 Å². The lowest BCUT2D eigenvalue weighted by Crippen LogP contribution is -2.50. The quantitative estimate of drug-likeness (QED) is 0.901. The van der Waals surface area contributed by atoms with E-state index in [0.29, 0.717) is 25.3 Å². The van der Waals surface area contributed by atoms with Crippen LogP contribution in [0.2, 0.25) is 0 Å². The highest BCUT2D eigenvalue weighted by atomic mass is 16.3. The molecular formula is C18H24N4O2. The number of β-amino-alcohol motifs (C(OH)–C–C–N with tert-alkyl or cyclic N) is 1. The summed E-state index contributed by atoms with van der Waals surface area (Å²) in [6.45, 7) is 5.60. The molecule has 3 rings (SSSR count). The molecule has 1 aromatic heterocycles. The molecule has 1 unspecified atom stereocenters. The van der Waals surface area contributed by atoms with Crippen molar-refractivity contribution < 1.29 is 9.90 Å². The standard InChI is InChI=1S/C18H24N4O2/c1-2-16(23)13-20-8-10-21(11-9-20)18(24)17-12-19-14-22(17)15-6-4-3-5-7-15/h3-7,12,14,16,23H,2,8-11,13H2,1H3. The highest BCUT2D eigenvalue weighted by molar-refractivity contribution is 5.93. The zero-order valence-electron chi connectivity index (χ0n) is 14.0. The second kappa shape index (κ2) is 7.59. The van der Waals surface area contributed by atoms with E-state index in [1.807, 2.05) is 46.7 Å². The molecule has 1 N–H and O–H groups in total. The molecule has 1 fully saturated rings. The average Bonchev–Trinajstić information content (AvgIpc) is 3.12. The molecule has 6 heteroatoms. The number of aliphatic hydroxyl groups excluding tert-OH is 1. The minimum atomic E-state index is -0.285. The molecule has 1 aliphatic heterocycles. The number of nitrogens with zero attached hydrogens (tertiary/aromatic N) is 4. The van der Waals surface area contributed by atoms with Crippen LogP contribution in [0, 0.1) is 0 Å². The highest BCUT2D eigenvalue weighted by Gasteiger charge is 2.25. The predicted molar refractivity (Wildman–Crippen MR) is 92.2 cm³/mol. The van der Waals surface area contributed by atoms with Gasteiger partial charge in [-0.2, -0.15) is 0 Å². The number of imidazole rings is 1. The number of carbonyl (C=O) groups excluding carboxylic acids is 1. The summed E-state index contributed by atoms with van der Waals surface area (Å²) in [6, 6.07) is 9.76. The van der Waals surface area contributed by atoms with Crippen LogP contribution in [-0.2, 0) is 0 Å². The highest BCUT2D eigenvalue weighted by Crippen LogP contribution is 2.14. The molecule has 2 aromatic rings. The minimum absolute atomic E-state index is 0.00652. The molecule has 128 valence electrons. The predicted octanol–water partition coefficient (Wildman–Crippen LogP) is 1.40. The van der Waals surface area contributed by atoms with Crippen LogP contribution in [0.15, 0.2) is 42.9 Å². The Morgan fingerprint density at radius 3 is 2.58 bits per heavy atom. The maximum absolute atomic E-state index is 12.8. The maximum Gasteiger partial charge on any atom is 0.272 e. The summed E-state index contributed by atoms with van der Waals surface area (Å²) in [5.41, 5.74) is 1.52. The van der Waals surface area contributed by atoms with E-state index in [0.717, 1.165) is 25.2 Å². The van der Waals surface area contributed by atoms with E-state index in [-0.39, 0.29) is 12.0 Å². The first kappa shape index (κ1) is 16.7. The molecule has 0 spiro atoms. The molecule has 6 nitrogen and oxygen atoms in total. The summed E-state index contributed by atoms with van der Waals surface area (Å²) in [7, 11) is 0. The zero-order valence-corrected chi connectivity index (χ0v) is 14.0. The third kappa shape index (κ3) is 3.66. The molecule has 0 saturated carbocycles. The average molecular weight is 328 g/mol. The van der Waals surface area contributed by atoms with Crippen LogP contribution < -0.4 is 0 Å². The number of carbonyl (C=O) groups is 1. The number of benzene rings is 1. The van der Waals surface area contributed by atoms with Crippen LogP contribution >= 0.6 is 0 Å². The number of amides is 1. The van der Waals surface area contributed by atoms with E-state index in [1.54, 1.807) is 12.5 Å². The fourth-order valence-corrected chi connectivity index (χ4v) is 2.97. The molecule has 0 radical (unpaired) electrons. The Labute approximate surface area is 142 Å². The Bertz CT molecular complexity index is 663. The van der Waals surface area contributed by atoms with E-state index < -0.39 is 0 Å². The lowest BCUT2D eigenvalue weighted by atomic mass is 10.2. The van der Waals surface area contributed by atoms with Crippen LogP contribution in [-0.4, -0.2) is 69.2 Å². The zero-order chi connectivity index (χ0) is 16.9. The Morgan fingerprint density at radius 1 is 1.21 bits per heavy atom. The van der Waals surface area contributed by atoms with Crippen molar-refractivity contribution in [2.75, 3.05) is 32.7 Å². The first-order valence-corrected chi connectivity index (χ1v) is 8.46. The van der Waals surface area contributed by atoms with Gasteiger partial charge in [0, 0.05) is 38.4 Å². The Hall–Kier alpha value is -2.18. The number of rotatable bonds is 5. The van der Waals surface area contributed by atoms with E-state index in [1.165, 1.54) is 0 Å². The van der Waals surface area contributed by atoms with Crippen LogP contribution in [0.4, 0.5) is 0 Å². The van der Waals surface area contributed by atoms with Gasteiger partial charge in [-0.15, -0.1) is 0 Å². The van der Waals surface area contributed by atoms with Gasteiger partial charge in [-0.1, -0.05) is 25.1 Å². The Kier molecular flexibility index (Phi) is 5.27. The van der Waals surface area contributed by atoms with Gasteiger partial charge in [0.1, 0.15) is 5.69 Å². The normalized spacial score (nSPS) is 17.0. The van der Waals surface area contributed by atoms with Gasteiger partial charge in [0.25, 0.3) is 5.91 Å². The fraction of sp³-hybridized carbons (Fsp3) is 0.444. The fourth-order valence-electron chi connectivity index (χ4n) is 2.97. The molecule has 0 bridgehead atoms. The van der Waals surface area contributed by atoms with E-state index in [9.17, 15) is 9.90 Å². The number of hydrogen-bond acceptors (Lipinski definition) is 4. The molecule has 1 aromatic carbocycles. The van der Waals surface area contributed by atoms with Crippen molar-refractivity contribution in [1.82, 2.24) is 19.4 Å². The van der Waals surface area contributed by atoms with Crippen molar-refractivity contribution in [1.29, 1.82) is 0 Å². The molecule has 1 atom stereocenters. The molecule has 1 aliphatic rings. The third-order valence-electron chi connectivity index (χ3n) is 4.49. The number of para-hydroxylation sites is 1. The van der Waals surface area contributed by atoms with E-state index in [4.69, 9.17) is 0 Å². The van der Waals surface area contributed by atoms with Crippen molar-refractivity contribution in [2.24, 2.45) is 0 Å². The molecule has 2 heterocycles. The SMILES string of the molecule is CCC(O)CN1CCN(C(=O)c2cncn2-c2ccccc2)CC1. The first-order chi connectivity index (χ1) is 11.7. The van der Waals surface area contributed by atoms with Crippen molar-refractivity contribution in [2.45, 2.75) is 19.4 Å². The number of aromatic nitrogens is 2. The van der Waals surface area contributed by atoms with Gasteiger partial charge in [-0.25, -0.2) is 4.98 Å². The van der Waals surface area contributed by atoms with Crippen molar-refractivity contribution >= 4 is 5.91 Å². The van der Waals surface area contributed by atoms with E-state index >= 15 is 0 Å². The molecule has 24 heavy (non-hydrogen) atoms. The topological polar surface area (TPSA) is 61.6 Å². The van der Waals surface area contributed by atoms with Gasteiger partial charge in [0.2, 0.25) is 0 Å². The van der Waals surface area contributed by atoms with Gasteiger partial charge < -0.3 is 10.0 Å². The van der Waals surface area contributed by atoms with Crippen LogP contribution in [0.1, 0.15) is 23.8 Å². The Morgan fingerprint density at radius 2 is 1.92 bits per heavy atom. The molecule has 1 saturated heterocycles. The first-order valence-electron chi connectivity index (χ1n) is 8.46. The van der Waals surface area contributed by atoms with Gasteiger partial charge in [-0.3, -0.25) is 14.3 Å².